The second kappa shape index (κ2) is 6.55. The van der Waals surface area contributed by atoms with Crippen molar-refractivity contribution < 1.29 is 13.9 Å². The maximum atomic E-state index is 12.3. The Balaban J connectivity index is 1.65. The van der Waals surface area contributed by atoms with Crippen LogP contribution in [0.5, 0.6) is 0 Å². The molecule has 0 aliphatic carbocycles. The molecule has 2 aromatic rings. The number of carbonyl (C=O) groups excluding carboxylic acids is 1. The lowest BCUT2D eigenvalue weighted by atomic mass is 9.72. The molecule has 132 valence electrons. The first kappa shape index (κ1) is 16.2. The van der Waals surface area contributed by atoms with Crippen molar-refractivity contribution in [1.82, 2.24) is 20.1 Å². The highest BCUT2D eigenvalue weighted by molar-refractivity contribution is 5.76. The molecule has 2 aliphatic heterocycles. The Bertz CT molecular complexity index is 740. The molecule has 2 aliphatic rings. The van der Waals surface area contributed by atoms with Gasteiger partial charge in [-0.1, -0.05) is 6.92 Å². The molecule has 1 amide bonds. The first-order valence-electron chi connectivity index (χ1n) is 8.81. The average Bonchev–Trinajstić information content (AvgIpc) is 3.28. The Morgan fingerprint density at radius 3 is 2.76 bits per heavy atom. The van der Waals surface area contributed by atoms with E-state index in [1.165, 1.54) is 0 Å². The van der Waals surface area contributed by atoms with Gasteiger partial charge in [0.1, 0.15) is 0 Å². The molecule has 0 saturated carbocycles. The number of aromatic nitrogens is 3. The Morgan fingerprint density at radius 2 is 2.04 bits per heavy atom. The van der Waals surface area contributed by atoms with E-state index in [0.717, 1.165) is 38.2 Å². The molecule has 1 unspecified atom stereocenters. The lowest BCUT2D eigenvalue weighted by molar-refractivity contribution is -0.130. The number of pyridine rings is 1. The highest BCUT2D eigenvalue weighted by Gasteiger charge is 2.51. The smallest absolute Gasteiger partial charge is 0.247 e. The van der Waals surface area contributed by atoms with Gasteiger partial charge in [0.05, 0.1) is 5.92 Å². The summed E-state index contributed by atoms with van der Waals surface area (Å²) >= 11 is 0. The predicted octanol–water partition coefficient (Wildman–Crippen LogP) is 2.26. The first-order chi connectivity index (χ1) is 12.2. The molecule has 25 heavy (non-hydrogen) atoms. The van der Waals surface area contributed by atoms with E-state index in [1.54, 1.807) is 12.4 Å². The number of nitrogens with zero attached hydrogens (tertiary/aromatic N) is 4. The highest BCUT2D eigenvalue weighted by atomic mass is 16.5. The Kier molecular flexibility index (Phi) is 4.25. The van der Waals surface area contributed by atoms with Crippen LogP contribution in [0.4, 0.5) is 0 Å². The first-order valence-corrected chi connectivity index (χ1v) is 8.81. The summed E-state index contributed by atoms with van der Waals surface area (Å²) in [4.78, 5) is 18.2. The third-order valence-electron chi connectivity index (χ3n) is 5.46. The van der Waals surface area contributed by atoms with Crippen LogP contribution in [0.3, 0.4) is 0 Å². The van der Waals surface area contributed by atoms with Crippen molar-refractivity contribution in [3.63, 3.8) is 0 Å². The van der Waals surface area contributed by atoms with Crippen molar-refractivity contribution in [2.45, 2.75) is 32.1 Å². The molecule has 1 spiro atoms. The van der Waals surface area contributed by atoms with Crippen molar-refractivity contribution in [3.8, 4) is 11.5 Å². The minimum Gasteiger partial charge on any atom is -0.420 e. The van der Waals surface area contributed by atoms with Gasteiger partial charge in [0.15, 0.2) is 0 Å². The average molecular weight is 342 g/mol. The van der Waals surface area contributed by atoms with Gasteiger partial charge in [0.25, 0.3) is 0 Å². The second-order valence-corrected chi connectivity index (χ2v) is 6.84. The number of carbonyl (C=O) groups is 1. The third-order valence-corrected chi connectivity index (χ3v) is 5.46. The van der Waals surface area contributed by atoms with Gasteiger partial charge in [0.2, 0.25) is 17.7 Å². The monoisotopic (exact) mass is 342 g/mol. The van der Waals surface area contributed by atoms with Gasteiger partial charge in [0, 0.05) is 56.1 Å². The summed E-state index contributed by atoms with van der Waals surface area (Å²) in [5.74, 6) is 1.37. The standard InChI is InChI=1S/C18H22N4O3/c1-2-15(23)22-11-14(18(12-22)5-9-24-10-6-18)17-21-20-16(25-17)13-3-7-19-8-4-13/h3-4,7-8,14H,2,5-6,9-12H2,1H3. The molecule has 0 N–H and O–H groups in total. The van der Waals surface area contributed by atoms with Gasteiger partial charge in [-0.3, -0.25) is 9.78 Å². The number of ether oxygens (including phenoxy) is 1. The Labute approximate surface area is 146 Å². The van der Waals surface area contributed by atoms with Crippen LogP contribution >= 0.6 is 0 Å². The summed E-state index contributed by atoms with van der Waals surface area (Å²) in [6.07, 6.45) is 5.76. The summed E-state index contributed by atoms with van der Waals surface area (Å²) in [7, 11) is 0. The minimum atomic E-state index is -0.0227. The molecule has 1 atom stereocenters. The third kappa shape index (κ3) is 2.93. The summed E-state index contributed by atoms with van der Waals surface area (Å²) in [6.45, 7) is 4.73. The van der Waals surface area contributed by atoms with E-state index >= 15 is 0 Å². The van der Waals surface area contributed by atoms with E-state index in [1.807, 2.05) is 24.0 Å². The molecule has 2 saturated heterocycles. The van der Waals surface area contributed by atoms with Crippen molar-refractivity contribution in [1.29, 1.82) is 0 Å². The van der Waals surface area contributed by atoms with Gasteiger partial charge in [-0.15, -0.1) is 10.2 Å². The fraction of sp³-hybridized carbons (Fsp3) is 0.556. The Hall–Kier alpha value is -2.28. The van der Waals surface area contributed by atoms with E-state index in [4.69, 9.17) is 9.15 Å². The van der Waals surface area contributed by atoms with Gasteiger partial charge in [-0.2, -0.15) is 0 Å². The zero-order chi connectivity index (χ0) is 17.3. The van der Waals surface area contributed by atoms with E-state index < -0.39 is 0 Å². The van der Waals surface area contributed by atoms with Crippen LogP contribution in [0.1, 0.15) is 38.0 Å². The predicted molar refractivity (Wildman–Crippen MR) is 89.6 cm³/mol. The number of amides is 1. The maximum absolute atomic E-state index is 12.3. The Morgan fingerprint density at radius 1 is 1.28 bits per heavy atom. The lowest BCUT2D eigenvalue weighted by Gasteiger charge is -2.36. The molecule has 7 heteroatoms. The van der Waals surface area contributed by atoms with Gasteiger partial charge in [-0.25, -0.2) is 0 Å². The van der Waals surface area contributed by atoms with E-state index in [0.29, 0.717) is 24.7 Å². The van der Waals surface area contributed by atoms with E-state index in [2.05, 4.69) is 15.2 Å². The fourth-order valence-electron chi connectivity index (χ4n) is 3.99. The maximum Gasteiger partial charge on any atom is 0.247 e. The summed E-state index contributed by atoms with van der Waals surface area (Å²) in [5.41, 5.74) is 0.833. The number of likely N-dealkylation sites (tertiary alicyclic amines) is 1. The normalized spacial score (nSPS) is 22.4. The van der Waals surface area contributed by atoms with E-state index in [-0.39, 0.29) is 17.2 Å². The molecular weight excluding hydrogens is 320 g/mol. The molecule has 4 rings (SSSR count). The molecule has 0 bridgehead atoms. The molecule has 4 heterocycles. The number of rotatable bonds is 3. The largest absolute Gasteiger partial charge is 0.420 e. The minimum absolute atomic E-state index is 0.0227. The van der Waals surface area contributed by atoms with Crippen molar-refractivity contribution in [3.05, 3.63) is 30.4 Å². The van der Waals surface area contributed by atoms with Crippen molar-refractivity contribution in [2.24, 2.45) is 5.41 Å². The molecular formula is C18H22N4O3. The zero-order valence-corrected chi connectivity index (χ0v) is 14.4. The van der Waals surface area contributed by atoms with Gasteiger partial charge in [-0.05, 0) is 25.0 Å². The SMILES string of the molecule is CCC(=O)N1CC(c2nnc(-c3ccncc3)o2)C2(CCOCC2)C1. The topological polar surface area (TPSA) is 81.4 Å². The van der Waals surface area contributed by atoms with Gasteiger partial charge < -0.3 is 14.1 Å². The van der Waals surface area contributed by atoms with Gasteiger partial charge >= 0.3 is 0 Å². The van der Waals surface area contributed by atoms with Crippen LogP contribution in [0.15, 0.2) is 28.9 Å². The van der Waals surface area contributed by atoms with Crippen LogP contribution < -0.4 is 0 Å². The molecule has 0 radical (unpaired) electrons. The molecule has 0 aromatic carbocycles. The second-order valence-electron chi connectivity index (χ2n) is 6.84. The molecule has 2 aromatic heterocycles. The van der Waals surface area contributed by atoms with Crippen LogP contribution in [-0.4, -0.2) is 52.3 Å². The lowest BCUT2D eigenvalue weighted by Crippen LogP contribution is -2.37. The van der Waals surface area contributed by atoms with Crippen LogP contribution in [-0.2, 0) is 9.53 Å². The van der Waals surface area contributed by atoms with E-state index in [9.17, 15) is 4.79 Å². The fourth-order valence-corrected chi connectivity index (χ4v) is 3.99. The summed E-state index contributed by atoms with van der Waals surface area (Å²) < 4.78 is 11.6. The van der Waals surface area contributed by atoms with Crippen molar-refractivity contribution >= 4 is 5.91 Å². The quantitative estimate of drug-likeness (QED) is 0.851. The van der Waals surface area contributed by atoms with Crippen LogP contribution in [0, 0.1) is 5.41 Å². The zero-order valence-electron chi connectivity index (χ0n) is 14.4. The van der Waals surface area contributed by atoms with Crippen molar-refractivity contribution in [2.75, 3.05) is 26.3 Å². The van der Waals surface area contributed by atoms with Crippen LogP contribution in [0.25, 0.3) is 11.5 Å². The number of hydrogen-bond acceptors (Lipinski definition) is 6. The molecule has 2 fully saturated rings. The summed E-state index contributed by atoms with van der Waals surface area (Å²) in [6, 6.07) is 3.70. The van der Waals surface area contributed by atoms with Crippen LogP contribution in [0.2, 0.25) is 0 Å². The molecule has 7 nitrogen and oxygen atoms in total. The highest BCUT2D eigenvalue weighted by Crippen LogP contribution is 2.49. The summed E-state index contributed by atoms with van der Waals surface area (Å²) in [5, 5.41) is 8.55. The number of hydrogen-bond donors (Lipinski definition) is 0.